The van der Waals surface area contributed by atoms with E-state index in [4.69, 9.17) is 17.3 Å². The maximum absolute atomic E-state index is 12.3. The van der Waals surface area contributed by atoms with Crippen LogP contribution in [0.1, 0.15) is 19.4 Å². The molecule has 0 spiro atoms. The molecule has 1 rings (SSSR count). The van der Waals surface area contributed by atoms with Crippen LogP contribution in [0.2, 0.25) is 0 Å². The number of nitrogens with zero attached hydrogens (tertiary/aromatic N) is 2. The van der Waals surface area contributed by atoms with E-state index >= 15 is 0 Å². The van der Waals surface area contributed by atoms with Crippen LogP contribution in [-0.4, -0.2) is 16.9 Å². The highest BCUT2D eigenvalue weighted by Crippen LogP contribution is 2.03. The molecule has 0 bridgehead atoms. The van der Waals surface area contributed by atoms with Crippen LogP contribution in [0.25, 0.3) is 0 Å². The first-order chi connectivity index (χ1) is 14.1. The Hall–Kier alpha value is -3.89. The standard InChI is InChI=1S/C14H15FN2.C9H14N4/c1-5-6-14(17-16)12(3)9-7-11(2)8-10-13(4)15;1-6(2)13-9(11)7-3-4-8(10)12-5-7/h5-6,8,10,17H,1-4,16H2;3-6H,1-2H3,(H2,10,12)(H2,11,13)/b10-8-,14-6+;. The number of amidine groups is 1. The quantitative estimate of drug-likeness (QED) is 0.138. The van der Waals surface area contributed by atoms with Crippen molar-refractivity contribution in [3.8, 4) is 11.8 Å². The second-order valence-corrected chi connectivity index (χ2v) is 6.07. The number of hydrogen-bond acceptors (Lipinski definition) is 5. The van der Waals surface area contributed by atoms with Crippen molar-refractivity contribution in [2.45, 2.75) is 19.9 Å². The molecule has 6 nitrogen and oxygen atoms in total. The molecule has 7 N–H and O–H groups in total. The molecule has 0 aliphatic carbocycles. The molecule has 0 radical (unpaired) electrons. The summed E-state index contributed by atoms with van der Waals surface area (Å²) in [6.45, 7) is 17.9. The second kappa shape index (κ2) is 14.2. The molecule has 30 heavy (non-hydrogen) atoms. The summed E-state index contributed by atoms with van der Waals surface area (Å²) in [6, 6.07) is 3.71. The highest BCUT2D eigenvalue weighted by Gasteiger charge is 1.99. The first-order valence-corrected chi connectivity index (χ1v) is 8.87. The van der Waals surface area contributed by atoms with Crippen LogP contribution in [0.3, 0.4) is 0 Å². The number of nitrogen functional groups attached to an aromatic ring is 1. The average molecular weight is 409 g/mol. The van der Waals surface area contributed by atoms with Gasteiger partial charge in [0, 0.05) is 28.9 Å². The summed E-state index contributed by atoms with van der Waals surface area (Å²) in [5.41, 5.74) is 15.9. The molecule has 0 unspecified atom stereocenters. The van der Waals surface area contributed by atoms with Crippen LogP contribution >= 0.6 is 0 Å². The minimum absolute atomic E-state index is 0.192. The fraction of sp³-hybridized carbons (Fsp3) is 0.130. The number of pyridine rings is 1. The lowest BCUT2D eigenvalue weighted by molar-refractivity contribution is 0.671. The number of hydrazine groups is 1. The van der Waals surface area contributed by atoms with E-state index in [1.54, 1.807) is 24.4 Å². The zero-order valence-electron chi connectivity index (χ0n) is 17.5. The highest BCUT2D eigenvalue weighted by molar-refractivity contribution is 5.97. The number of nitrogens with two attached hydrogens (primary N) is 3. The van der Waals surface area contributed by atoms with Gasteiger partial charge in [-0.3, -0.25) is 10.8 Å². The molecule has 0 saturated carbocycles. The highest BCUT2D eigenvalue weighted by atomic mass is 19.1. The molecule has 0 aliphatic rings. The van der Waals surface area contributed by atoms with Crippen LogP contribution < -0.4 is 22.7 Å². The molecule has 0 fully saturated rings. The molecular formula is C23H29FN6. The molecule has 0 saturated heterocycles. The summed E-state index contributed by atoms with van der Waals surface area (Å²) >= 11 is 0. The van der Waals surface area contributed by atoms with Gasteiger partial charge in [-0.2, -0.15) is 0 Å². The lowest BCUT2D eigenvalue weighted by Crippen LogP contribution is -2.21. The number of aliphatic imine (C=N–C) groups is 1. The Labute approximate surface area is 178 Å². The van der Waals surface area contributed by atoms with Crippen molar-refractivity contribution < 1.29 is 4.39 Å². The van der Waals surface area contributed by atoms with Crippen molar-refractivity contribution in [2.75, 3.05) is 5.73 Å². The molecule has 0 atom stereocenters. The van der Waals surface area contributed by atoms with Crippen molar-refractivity contribution in [2.24, 2.45) is 16.6 Å². The monoisotopic (exact) mass is 408 g/mol. The Morgan fingerprint density at radius 3 is 2.37 bits per heavy atom. The summed E-state index contributed by atoms with van der Waals surface area (Å²) in [6.07, 6.45) is 7.43. The molecule has 7 heteroatoms. The number of rotatable bonds is 7. The van der Waals surface area contributed by atoms with Crippen molar-refractivity contribution in [1.29, 1.82) is 0 Å². The van der Waals surface area contributed by atoms with E-state index in [0.29, 0.717) is 28.5 Å². The number of halogens is 1. The fourth-order valence-corrected chi connectivity index (χ4v) is 1.72. The number of nitrogens with one attached hydrogen (secondary N) is 1. The third kappa shape index (κ3) is 11.7. The Kier molecular flexibility index (Phi) is 12.3. The van der Waals surface area contributed by atoms with Gasteiger partial charge < -0.3 is 16.9 Å². The predicted octanol–water partition coefficient (Wildman–Crippen LogP) is 3.45. The normalized spacial score (nSPS) is 11.1. The Morgan fingerprint density at radius 1 is 1.23 bits per heavy atom. The van der Waals surface area contributed by atoms with E-state index in [9.17, 15) is 4.39 Å². The minimum Gasteiger partial charge on any atom is -0.384 e. The maximum Gasteiger partial charge on any atom is 0.127 e. The number of aromatic nitrogens is 1. The minimum atomic E-state index is -0.553. The average Bonchev–Trinajstić information content (AvgIpc) is 2.69. The predicted molar refractivity (Wildman–Crippen MR) is 126 cm³/mol. The van der Waals surface area contributed by atoms with Gasteiger partial charge in [0.1, 0.15) is 17.5 Å². The van der Waals surface area contributed by atoms with Gasteiger partial charge in [0.2, 0.25) is 0 Å². The van der Waals surface area contributed by atoms with Crippen molar-refractivity contribution in [3.63, 3.8) is 0 Å². The molecule has 0 aromatic carbocycles. The van der Waals surface area contributed by atoms with Crippen molar-refractivity contribution in [1.82, 2.24) is 10.4 Å². The molecule has 158 valence electrons. The molecule has 1 aromatic heterocycles. The Bertz CT molecular complexity index is 909. The van der Waals surface area contributed by atoms with E-state index in [0.717, 1.165) is 5.56 Å². The lowest BCUT2D eigenvalue weighted by Gasteiger charge is -2.02. The van der Waals surface area contributed by atoms with E-state index in [2.05, 4.69) is 53.6 Å². The molecule has 0 amide bonds. The van der Waals surface area contributed by atoms with Gasteiger partial charge in [-0.25, -0.2) is 9.37 Å². The summed E-state index contributed by atoms with van der Waals surface area (Å²) in [7, 11) is 0. The van der Waals surface area contributed by atoms with Crippen LogP contribution in [-0.2, 0) is 0 Å². The Morgan fingerprint density at radius 2 is 1.90 bits per heavy atom. The number of hydrogen-bond donors (Lipinski definition) is 4. The van der Waals surface area contributed by atoms with Crippen LogP contribution in [0.4, 0.5) is 10.2 Å². The SMILES string of the molecule is C=C/C=C(/NN)C(=C)C#CC(=C)/C=C\C(=C)F.CC(C)N=C(N)c1ccc(N)nc1. The largest absolute Gasteiger partial charge is 0.384 e. The molecule has 0 aliphatic heterocycles. The van der Waals surface area contributed by atoms with Crippen molar-refractivity contribution in [3.05, 3.63) is 97.2 Å². The lowest BCUT2D eigenvalue weighted by atomic mass is 10.2. The van der Waals surface area contributed by atoms with Crippen LogP contribution in [0.5, 0.6) is 0 Å². The van der Waals surface area contributed by atoms with Crippen molar-refractivity contribution >= 4 is 11.7 Å². The zero-order chi connectivity index (χ0) is 23.1. The van der Waals surface area contributed by atoms with Gasteiger partial charge in [-0.15, -0.1) is 0 Å². The summed E-state index contributed by atoms with van der Waals surface area (Å²) in [4.78, 5) is 8.12. The Balaban J connectivity index is 0.000000579. The number of allylic oxidation sites excluding steroid dienone is 7. The smallest absolute Gasteiger partial charge is 0.127 e. The number of anilines is 1. The third-order valence-corrected chi connectivity index (χ3v) is 3.08. The first kappa shape index (κ1) is 26.1. The molecule has 1 aromatic rings. The fourth-order valence-electron chi connectivity index (χ4n) is 1.72. The van der Waals surface area contributed by atoms with Gasteiger partial charge in [-0.05, 0) is 44.2 Å². The maximum atomic E-state index is 12.3. The van der Waals surface area contributed by atoms with Gasteiger partial charge in [-0.1, -0.05) is 44.2 Å². The second-order valence-electron chi connectivity index (χ2n) is 6.07. The van der Waals surface area contributed by atoms with E-state index in [-0.39, 0.29) is 6.04 Å². The van der Waals surface area contributed by atoms with Gasteiger partial charge in [0.15, 0.2) is 0 Å². The van der Waals surface area contributed by atoms with Gasteiger partial charge in [0.05, 0.1) is 5.70 Å². The topological polar surface area (TPSA) is 115 Å². The van der Waals surface area contributed by atoms with Gasteiger partial charge >= 0.3 is 0 Å². The first-order valence-electron chi connectivity index (χ1n) is 8.87. The van der Waals surface area contributed by atoms with E-state index in [1.165, 1.54) is 12.2 Å². The summed E-state index contributed by atoms with van der Waals surface area (Å²) in [5.74, 6) is 11.1. The van der Waals surface area contributed by atoms with Crippen LogP contribution in [0, 0.1) is 11.8 Å². The zero-order valence-corrected chi connectivity index (χ0v) is 17.5. The van der Waals surface area contributed by atoms with Crippen LogP contribution in [0.15, 0.2) is 96.6 Å². The van der Waals surface area contributed by atoms with Gasteiger partial charge in [0.25, 0.3) is 0 Å². The third-order valence-electron chi connectivity index (χ3n) is 3.08. The summed E-state index contributed by atoms with van der Waals surface area (Å²) in [5, 5.41) is 0. The van der Waals surface area contributed by atoms with E-state index in [1.807, 2.05) is 19.9 Å². The summed E-state index contributed by atoms with van der Waals surface area (Å²) < 4.78 is 12.3. The van der Waals surface area contributed by atoms with E-state index < -0.39 is 5.83 Å². The molecular weight excluding hydrogens is 379 g/mol. The molecule has 1 heterocycles.